The molecule has 1 aromatic heterocycles. The van der Waals surface area contributed by atoms with E-state index in [1.165, 1.54) is 22.2 Å². The quantitative estimate of drug-likeness (QED) is 0.348. The second kappa shape index (κ2) is 9.87. The molecule has 1 heterocycles. The van der Waals surface area contributed by atoms with Crippen LogP contribution in [-0.4, -0.2) is 42.8 Å². The highest BCUT2D eigenvalue weighted by atomic mass is 16.5. The fourth-order valence-electron chi connectivity index (χ4n) is 3.48. The highest BCUT2D eigenvalue weighted by Crippen LogP contribution is 2.24. The van der Waals surface area contributed by atoms with E-state index < -0.39 is 0 Å². The number of aromatic hydroxyl groups is 1. The zero-order valence-electron chi connectivity index (χ0n) is 17.4. The number of hydrogen-bond donors (Lipinski definition) is 4. The van der Waals surface area contributed by atoms with E-state index in [1.807, 2.05) is 18.2 Å². The van der Waals surface area contributed by atoms with Crippen molar-refractivity contribution in [3.63, 3.8) is 0 Å². The molecular weight excluding hydrogens is 364 g/mol. The fraction of sp³-hybridized carbons (Fsp3) is 0.348. The standard InChI is InChI=1S/C23H30N4O2/c1-4-24-23(25-13-11-17-9-10-18(29-3)15-22(17)28)26-14-12-19-16(2)27-21-8-6-5-7-20(19)21/h5-10,15,27-28H,4,11-14H2,1-3H3,(H2,24,25,26). The van der Waals surface area contributed by atoms with Gasteiger partial charge in [0, 0.05) is 42.3 Å². The Morgan fingerprint density at radius 2 is 1.97 bits per heavy atom. The molecule has 0 saturated heterocycles. The van der Waals surface area contributed by atoms with Gasteiger partial charge in [-0.2, -0.15) is 0 Å². The van der Waals surface area contributed by atoms with Gasteiger partial charge in [-0.25, -0.2) is 0 Å². The number of aromatic amines is 1. The topological polar surface area (TPSA) is 81.7 Å². The number of aliphatic imine (C=N–C) groups is 1. The Hall–Kier alpha value is -3.15. The van der Waals surface area contributed by atoms with Crippen LogP contribution in [0.1, 0.15) is 23.7 Å². The summed E-state index contributed by atoms with van der Waals surface area (Å²) >= 11 is 0. The fourth-order valence-corrected chi connectivity index (χ4v) is 3.48. The normalized spacial score (nSPS) is 11.6. The highest BCUT2D eigenvalue weighted by Gasteiger charge is 2.08. The van der Waals surface area contributed by atoms with Crippen molar-refractivity contribution >= 4 is 16.9 Å². The molecule has 0 aliphatic carbocycles. The van der Waals surface area contributed by atoms with E-state index in [0.717, 1.165) is 24.5 Å². The highest BCUT2D eigenvalue weighted by molar-refractivity contribution is 5.84. The van der Waals surface area contributed by atoms with Crippen LogP contribution < -0.4 is 15.4 Å². The molecule has 0 fully saturated rings. The van der Waals surface area contributed by atoms with Gasteiger partial charge >= 0.3 is 0 Å². The second-order valence-corrected chi connectivity index (χ2v) is 6.96. The van der Waals surface area contributed by atoms with Gasteiger partial charge in [0.25, 0.3) is 0 Å². The number of benzene rings is 2. The average Bonchev–Trinajstić information content (AvgIpc) is 3.04. The summed E-state index contributed by atoms with van der Waals surface area (Å²) in [6, 6.07) is 13.8. The predicted molar refractivity (Wildman–Crippen MR) is 119 cm³/mol. The van der Waals surface area contributed by atoms with E-state index >= 15 is 0 Å². The lowest BCUT2D eigenvalue weighted by Crippen LogP contribution is -2.38. The SMILES string of the molecule is CCNC(=NCCc1c(C)[nH]c2ccccc12)NCCc1ccc(OC)cc1O. The van der Waals surface area contributed by atoms with Crippen LogP contribution in [0.5, 0.6) is 11.5 Å². The van der Waals surface area contributed by atoms with Crippen LogP contribution in [0.4, 0.5) is 0 Å². The first-order valence-electron chi connectivity index (χ1n) is 10.1. The van der Waals surface area contributed by atoms with Gasteiger partial charge in [0.2, 0.25) is 0 Å². The Morgan fingerprint density at radius 3 is 2.72 bits per heavy atom. The number of phenolic OH excluding ortho intramolecular Hbond substituents is 1. The van der Waals surface area contributed by atoms with Gasteiger partial charge in [0.1, 0.15) is 11.5 Å². The molecule has 0 spiro atoms. The summed E-state index contributed by atoms with van der Waals surface area (Å²) in [5.74, 6) is 1.70. The molecule has 0 aliphatic heterocycles. The molecule has 0 bridgehead atoms. The van der Waals surface area contributed by atoms with Crippen molar-refractivity contribution < 1.29 is 9.84 Å². The number of aromatic nitrogens is 1. The Labute approximate surface area is 172 Å². The number of methoxy groups -OCH3 is 1. The first kappa shape index (κ1) is 20.6. The first-order valence-corrected chi connectivity index (χ1v) is 10.1. The number of fused-ring (bicyclic) bond motifs is 1. The van der Waals surface area contributed by atoms with Gasteiger partial charge in [0.15, 0.2) is 5.96 Å². The Bertz CT molecular complexity index is 978. The van der Waals surface area contributed by atoms with Gasteiger partial charge in [-0.1, -0.05) is 24.3 Å². The van der Waals surface area contributed by atoms with Crippen LogP contribution in [0.3, 0.4) is 0 Å². The number of nitrogens with zero attached hydrogens (tertiary/aromatic N) is 1. The molecule has 154 valence electrons. The molecule has 6 nitrogen and oxygen atoms in total. The molecule has 2 aromatic carbocycles. The maximum Gasteiger partial charge on any atom is 0.191 e. The predicted octanol–water partition coefficient (Wildman–Crippen LogP) is 3.53. The lowest BCUT2D eigenvalue weighted by atomic mass is 10.1. The van der Waals surface area contributed by atoms with Crippen LogP contribution in [0.2, 0.25) is 0 Å². The lowest BCUT2D eigenvalue weighted by molar-refractivity contribution is 0.406. The van der Waals surface area contributed by atoms with Crippen molar-refractivity contribution in [3.8, 4) is 11.5 Å². The maximum absolute atomic E-state index is 10.1. The minimum Gasteiger partial charge on any atom is -0.508 e. The lowest BCUT2D eigenvalue weighted by Gasteiger charge is -2.12. The molecule has 4 N–H and O–H groups in total. The minimum atomic E-state index is 0.253. The number of aryl methyl sites for hydroxylation is 1. The monoisotopic (exact) mass is 394 g/mol. The van der Waals surface area contributed by atoms with Crippen molar-refractivity contribution in [2.75, 3.05) is 26.7 Å². The molecule has 0 atom stereocenters. The third-order valence-corrected chi connectivity index (χ3v) is 4.98. The Morgan fingerprint density at radius 1 is 1.14 bits per heavy atom. The summed E-state index contributed by atoms with van der Waals surface area (Å²) in [6.07, 6.45) is 1.58. The molecule has 3 rings (SSSR count). The Kier molecular flexibility index (Phi) is 7.00. The number of hydrogen-bond acceptors (Lipinski definition) is 3. The van der Waals surface area contributed by atoms with Crippen LogP contribution in [0.25, 0.3) is 10.9 Å². The third kappa shape index (κ3) is 5.22. The van der Waals surface area contributed by atoms with Crippen molar-refractivity contribution in [3.05, 3.63) is 59.3 Å². The molecule has 0 unspecified atom stereocenters. The summed E-state index contributed by atoms with van der Waals surface area (Å²) < 4.78 is 5.13. The largest absolute Gasteiger partial charge is 0.508 e. The Balaban J connectivity index is 1.57. The van der Waals surface area contributed by atoms with Crippen molar-refractivity contribution in [2.45, 2.75) is 26.7 Å². The molecular formula is C23H30N4O2. The number of phenols is 1. The molecule has 6 heteroatoms. The van der Waals surface area contributed by atoms with E-state index in [0.29, 0.717) is 25.3 Å². The van der Waals surface area contributed by atoms with Crippen LogP contribution in [0.15, 0.2) is 47.5 Å². The number of para-hydroxylation sites is 1. The van der Waals surface area contributed by atoms with Crippen molar-refractivity contribution in [1.29, 1.82) is 0 Å². The van der Waals surface area contributed by atoms with Gasteiger partial charge in [0.05, 0.1) is 7.11 Å². The van der Waals surface area contributed by atoms with E-state index in [9.17, 15) is 5.11 Å². The van der Waals surface area contributed by atoms with E-state index in [2.05, 4.69) is 47.7 Å². The van der Waals surface area contributed by atoms with Gasteiger partial charge in [-0.3, -0.25) is 4.99 Å². The van der Waals surface area contributed by atoms with E-state index in [1.54, 1.807) is 13.2 Å². The van der Waals surface area contributed by atoms with Crippen molar-refractivity contribution in [1.82, 2.24) is 15.6 Å². The van der Waals surface area contributed by atoms with Gasteiger partial charge in [-0.15, -0.1) is 0 Å². The summed E-state index contributed by atoms with van der Waals surface area (Å²) in [5, 5.41) is 18.0. The van der Waals surface area contributed by atoms with Crippen LogP contribution in [0, 0.1) is 6.92 Å². The number of rotatable bonds is 8. The summed E-state index contributed by atoms with van der Waals surface area (Å²) in [6.45, 7) is 6.34. The molecule has 0 saturated carbocycles. The minimum absolute atomic E-state index is 0.253. The van der Waals surface area contributed by atoms with E-state index in [-0.39, 0.29) is 5.75 Å². The first-order chi connectivity index (χ1) is 14.1. The van der Waals surface area contributed by atoms with E-state index in [4.69, 9.17) is 9.73 Å². The second-order valence-electron chi connectivity index (χ2n) is 6.96. The number of guanidine groups is 1. The summed E-state index contributed by atoms with van der Waals surface area (Å²) in [5.41, 5.74) is 4.58. The smallest absolute Gasteiger partial charge is 0.191 e. The maximum atomic E-state index is 10.1. The zero-order valence-corrected chi connectivity index (χ0v) is 17.4. The number of ether oxygens (including phenoxy) is 1. The average molecular weight is 395 g/mol. The third-order valence-electron chi connectivity index (χ3n) is 4.98. The molecule has 29 heavy (non-hydrogen) atoms. The summed E-state index contributed by atoms with van der Waals surface area (Å²) in [7, 11) is 1.59. The number of nitrogens with one attached hydrogen (secondary N) is 3. The van der Waals surface area contributed by atoms with Crippen molar-refractivity contribution in [2.24, 2.45) is 4.99 Å². The van der Waals surface area contributed by atoms with Crippen LogP contribution >= 0.6 is 0 Å². The molecule has 0 aliphatic rings. The summed E-state index contributed by atoms with van der Waals surface area (Å²) in [4.78, 5) is 8.16. The molecule has 3 aromatic rings. The molecule has 0 amide bonds. The van der Waals surface area contributed by atoms with Crippen LogP contribution in [-0.2, 0) is 12.8 Å². The number of H-pyrrole nitrogens is 1. The van der Waals surface area contributed by atoms with Gasteiger partial charge in [-0.05, 0) is 49.9 Å². The molecule has 0 radical (unpaired) electrons. The zero-order chi connectivity index (χ0) is 20.6. The van der Waals surface area contributed by atoms with Gasteiger partial charge < -0.3 is 25.5 Å².